The first-order valence-corrected chi connectivity index (χ1v) is 12.3. The highest BCUT2D eigenvalue weighted by molar-refractivity contribution is 5.94. The number of nitrogens with zero attached hydrogens (tertiary/aromatic N) is 4. The lowest BCUT2D eigenvalue weighted by Crippen LogP contribution is -2.53. The summed E-state index contributed by atoms with van der Waals surface area (Å²) in [5, 5.41) is 0.538. The molecule has 4 heterocycles. The number of benzene rings is 1. The van der Waals surface area contributed by atoms with Gasteiger partial charge >= 0.3 is 6.18 Å². The van der Waals surface area contributed by atoms with E-state index in [4.69, 9.17) is 9.47 Å². The Hall–Kier alpha value is -1.94. The third-order valence-corrected chi connectivity index (χ3v) is 7.30. The lowest BCUT2D eigenvalue weighted by Gasteiger charge is -2.43. The normalized spacial score (nSPS) is 26.3. The van der Waals surface area contributed by atoms with E-state index < -0.39 is 11.7 Å². The van der Waals surface area contributed by atoms with Crippen LogP contribution in [-0.4, -0.2) is 92.1 Å². The van der Waals surface area contributed by atoms with E-state index in [9.17, 15) is 13.2 Å². The minimum Gasteiger partial charge on any atom is -0.379 e. The van der Waals surface area contributed by atoms with Crippen molar-refractivity contribution in [3.05, 3.63) is 36.0 Å². The van der Waals surface area contributed by atoms with Crippen molar-refractivity contribution in [2.24, 2.45) is 0 Å². The van der Waals surface area contributed by atoms with Gasteiger partial charge in [0.05, 0.1) is 36.5 Å². The number of alkyl halides is 3. The number of halogens is 3. The van der Waals surface area contributed by atoms with Crippen LogP contribution in [0.3, 0.4) is 0 Å². The van der Waals surface area contributed by atoms with E-state index >= 15 is 0 Å². The van der Waals surface area contributed by atoms with Crippen molar-refractivity contribution < 1.29 is 22.6 Å². The summed E-state index contributed by atoms with van der Waals surface area (Å²) in [6, 6.07) is 6.82. The fraction of sp³-hybridized carbons (Fsp3) is 0.640. The molecule has 34 heavy (non-hydrogen) atoms. The Morgan fingerprint density at radius 1 is 1.03 bits per heavy atom. The second kappa shape index (κ2) is 9.97. The van der Waals surface area contributed by atoms with Gasteiger partial charge in [-0.15, -0.1) is 0 Å². The average molecular weight is 479 g/mol. The molecule has 5 rings (SSSR count). The van der Waals surface area contributed by atoms with Gasteiger partial charge in [-0.25, -0.2) is 0 Å². The topological polar surface area (TPSA) is 41.1 Å². The van der Waals surface area contributed by atoms with Gasteiger partial charge in [0.25, 0.3) is 0 Å². The van der Waals surface area contributed by atoms with Crippen molar-refractivity contribution in [3.63, 3.8) is 0 Å². The van der Waals surface area contributed by atoms with Gasteiger partial charge in [-0.3, -0.25) is 9.88 Å². The molecule has 3 saturated heterocycles. The monoisotopic (exact) mass is 478 g/mol. The number of anilines is 1. The van der Waals surface area contributed by atoms with Crippen LogP contribution in [0.25, 0.3) is 10.9 Å². The fourth-order valence-corrected chi connectivity index (χ4v) is 5.70. The van der Waals surface area contributed by atoms with Crippen LogP contribution in [0.4, 0.5) is 18.9 Å². The molecule has 6 nitrogen and oxygen atoms in total. The highest BCUT2D eigenvalue weighted by atomic mass is 19.4. The number of likely N-dealkylation sites (tertiary alicyclic amines) is 1. The molecule has 3 fully saturated rings. The molecule has 3 aliphatic rings. The Bertz CT molecular complexity index is 974. The molecular weight excluding hydrogens is 445 g/mol. The van der Waals surface area contributed by atoms with Crippen LogP contribution in [0.15, 0.2) is 30.5 Å². The lowest BCUT2D eigenvalue weighted by atomic mass is 10.0. The van der Waals surface area contributed by atoms with E-state index in [2.05, 4.69) is 19.7 Å². The molecule has 1 aromatic heterocycles. The standard InChI is InChI=1S/C25H33F3N4O2/c1-18-15-32(23-5-4-22(25(26,27)28)24-21(23)3-2-8-29-24)17-20(34-18)16-30-9-6-19(7-10-30)31-11-13-33-14-12-31/h2-5,8,18-20H,6-7,9-17H2,1H3. The Kier molecular flexibility index (Phi) is 6.97. The molecule has 0 amide bonds. The highest BCUT2D eigenvalue weighted by Crippen LogP contribution is 2.38. The number of ether oxygens (including phenoxy) is 2. The van der Waals surface area contributed by atoms with Crippen LogP contribution >= 0.6 is 0 Å². The van der Waals surface area contributed by atoms with Crippen LogP contribution < -0.4 is 4.90 Å². The first kappa shape index (κ1) is 23.8. The summed E-state index contributed by atoms with van der Waals surface area (Å²) in [6.45, 7) is 9.98. The summed E-state index contributed by atoms with van der Waals surface area (Å²) in [5.41, 5.74) is 0.114. The fourth-order valence-electron chi connectivity index (χ4n) is 5.70. The van der Waals surface area contributed by atoms with Gasteiger partial charge in [0.2, 0.25) is 0 Å². The third kappa shape index (κ3) is 5.17. The second-order valence-corrected chi connectivity index (χ2v) is 9.68. The van der Waals surface area contributed by atoms with E-state index in [-0.39, 0.29) is 17.7 Å². The number of hydrogen-bond donors (Lipinski definition) is 0. The summed E-state index contributed by atoms with van der Waals surface area (Å²) < 4.78 is 52.4. The number of morpholine rings is 2. The minimum absolute atomic E-state index is 0.00125. The van der Waals surface area contributed by atoms with E-state index in [1.54, 1.807) is 18.2 Å². The Morgan fingerprint density at radius 2 is 1.79 bits per heavy atom. The molecule has 2 atom stereocenters. The predicted octanol–water partition coefficient (Wildman–Crippen LogP) is 3.64. The van der Waals surface area contributed by atoms with Crippen LogP contribution in [0.1, 0.15) is 25.3 Å². The molecule has 9 heteroatoms. The van der Waals surface area contributed by atoms with Crippen molar-refractivity contribution in [3.8, 4) is 0 Å². The molecule has 0 bridgehead atoms. The summed E-state index contributed by atoms with van der Waals surface area (Å²) in [7, 11) is 0. The molecule has 0 spiro atoms. The van der Waals surface area contributed by atoms with Gasteiger partial charge in [-0.05, 0) is 57.1 Å². The van der Waals surface area contributed by atoms with Crippen molar-refractivity contribution in [1.82, 2.24) is 14.8 Å². The molecule has 0 saturated carbocycles. The van der Waals surface area contributed by atoms with Gasteiger partial charge in [0.15, 0.2) is 0 Å². The molecule has 3 aliphatic heterocycles. The van der Waals surface area contributed by atoms with E-state index in [1.165, 1.54) is 6.20 Å². The van der Waals surface area contributed by atoms with Gasteiger partial charge < -0.3 is 19.3 Å². The molecule has 0 aliphatic carbocycles. The van der Waals surface area contributed by atoms with Gasteiger partial charge in [-0.1, -0.05) is 0 Å². The smallest absolute Gasteiger partial charge is 0.379 e. The SMILES string of the molecule is CC1CN(c2ccc(C(F)(F)F)c3ncccc23)CC(CN2CCC(N3CCOCC3)CC2)O1. The van der Waals surface area contributed by atoms with Gasteiger partial charge in [0.1, 0.15) is 0 Å². The van der Waals surface area contributed by atoms with Gasteiger partial charge in [-0.2, -0.15) is 13.2 Å². The summed E-state index contributed by atoms with van der Waals surface area (Å²) >= 11 is 0. The molecule has 186 valence electrons. The Balaban J connectivity index is 1.26. The largest absolute Gasteiger partial charge is 0.418 e. The Labute approximate surface area is 198 Å². The maximum absolute atomic E-state index is 13.5. The van der Waals surface area contributed by atoms with Gasteiger partial charge in [0, 0.05) is 56.0 Å². The third-order valence-electron chi connectivity index (χ3n) is 7.30. The highest BCUT2D eigenvalue weighted by Gasteiger charge is 2.35. The van der Waals surface area contributed by atoms with E-state index in [0.717, 1.165) is 70.5 Å². The molecule has 0 N–H and O–H groups in total. The van der Waals surface area contributed by atoms with Crippen molar-refractivity contribution in [1.29, 1.82) is 0 Å². The van der Waals surface area contributed by atoms with Crippen molar-refractivity contribution in [2.45, 2.75) is 44.2 Å². The first-order chi connectivity index (χ1) is 16.4. The van der Waals surface area contributed by atoms with Crippen molar-refractivity contribution in [2.75, 3.05) is 63.9 Å². The number of piperidine rings is 1. The number of fused-ring (bicyclic) bond motifs is 1. The van der Waals surface area contributed by atoms with Crippen molar-refractivity contribution >= 4 is 16.6 Å². The maximum atomic E-state index is 13.5. The molecule has 1 aromatic carbocycles. The van der Waals surface area contributed by atoms with Crippen LogP contribution in [0.2, 0.25) is 0 Å². The quantitative estimate of drug-likeness (QED) is 0.669. The zero-order valence-corrected chi connectivity index (χ0v) is 19.6. The molecule has 2 unspecified atom stereocenters. The van der Waals surface area contributed by atoms with E-state index in [1.807, 2.05) is 6.92 Å². The van der Waals surface area contributed by atoms with E-state index in [0.29, 0.717) is 24.5 Å². The maximum Gasteiger partial charge on any atom is 0.418 e. The zero-order chi connectivity index (χ0) is 23.7. The summed E-state index contributed by atoms with van der Waals surface area (Å²) in [6.07, 6.45) is -0.690. The molecule has 2 aromatic rings. The minimum atomic E-state index is -4.43. The van der Waals surface area contributed by atoms with Crippen LogP contribution in [0, 0.1) is 0 Å². The van der Waals surface area contributed by atoms with Crippen LogP contribution in [0.5, 0.6) is 0 Å². The summed E-state index contributed by atoms with van der Waals surface area (Å²) in [4.78, 5) is 11.3. The number of pyridine rings is 1. The first-order valence-electron chi connectivity index (χ1n) is 12.3. The average Bonchev–Trinajstić information content (AvgIpc) is 2.83. The summed E-state index contributed by atoms with van der Waals surface area (Å²) in [5.74, 6) is 0. The number of hydrogen-bond acceptors (Lipinski definition) is 6. The van der Waals surface area contributed by atoms with Crippen LogP contribution in [-0.2, 0) is 15.7 Å². The zero-order valence-electron chi connectivity index (χ0n) is 19.6. The number of aromatic nitrogens is 1. The lowest BCUT2D eigenvalue weighted by molar-refractivity contribution is -0.136. The Morgan fingerprint density at radius 3 is 2.53 bits per heavy atom. The second-order valence-electron chi connectivity index (χ2n) is 9.68. The molecule has 0 radical (unpaired) electrons. The number of rotatable bonds is 4. The predicted molar refractivity (Wildman–Crippen MR) is 125 cm³/mol. The molecular formula is C25H33F3N4O2.